The smallest absolute Gasteiger partial charge is 0.255 e. The lowest BCUT2D eigenvalue weighted by molar-refractivity contribution is 0.102. The minimum atomic E-state index is -0.201. The zero-order chi connectivity index (χ0) is 13.7. The lowest BCUT2D eigenvalue weighted by Crippen LogP contribution is -2.11. The van der Waals surface area contributed by atoms with Gasteiger partial charge in [-0.3, -0.25) is 4.79 Å². The van der Waals surface area contributed by atoms with Crippen molar-refractivity contribution < 1.29 is 9.53 Å². The summed E-state index contributed by atoms with van der Waals surface area (Å²) >= 11 is 0. The van der Waals surface area contributed by atoms with E-state index in [1.807, 2.05) is 0 Å². The molecule has 2 rings (SSSR count). The normalized spacial score (nSPS) is 9.47. The third-order valence-corrected chi connectivity index (χ3v) is 2.62. The van der Waals surface area contributed by atoms with Crippen molar-refractivity contribution in [1.29, 1.82) is 0 Å². The van der Waals surface area contributed by atoms with Crippen LogP contribution in [0.15, 0.2) is 48.5 Å². The Morgan fingerprint density at radius 3 is 2.74 bits per heavy atom. The average Bonchev–Trinajstić information content (AvgIpc) is 2.47. The number of rotatable bonds is 3. The molecule has 94 valence electrons. The second-order valence-corrected chi connectivity index (χ2v) is 3.91. The van der Waals surface area contributed by atoms with Crippen LogP contribution in [0, 0.1) is 12.3 Å². The highest BCUT2D eigenvalue weighted by Crippen LogP contribution is 2.15. The van der Waals surface area contributed by atoms with Gasteiger partial charge in [0, 0.05) is 16.8 Å². The largest absolute Gasteiger partial charge is 0.497 e. The number of nitrogens with one attached hydrogen (secondary N) is 1. The van der Waals surface area contributed by atoms with Crippen molar-refractivity contribution in [3.8, 4) is 18.1 Å². The van der Waals surface area contributed by atoms with Crippen molar-refractivity contribution in [2.24, 2.45) is 0 Å². The van der Waals surface area contributed by atoms with Gasteiger partial charge >= 0.3 is 0 Å². The first kappa shape index (κ1) is 12.7. The molecule has 3 heteroatoms. The van der Waals surface area contributed by atoms with Gasteiger partial charge in [0.05, 0.1) is 7.11 Å². The fraction of sp³-hybridized carbons (Fsp3) is 0.0625. The molecule has 0 heterocycles. The van der Waals surface area contributed by atoms with Crippen molar-refractivity contribution >= 4 is 11.6 Å². The Labute approximate surface area is 112 Å². The highest BCUT2D eigenvalue weighted by molar-refractivity contribution is 6.04. The van der Waals surface area contributed by atoms with Crippen molar-refractivity contribution in [1.82, 2.24) is 0 Å². The summed E-state index contributed by atoms with van der Waals surface area (Å²) in [6, 6.07) is 14.1. The second-order valence-electron chi connectivity index (χ2n) is 3.91. The van der Waals surface area contributed by atoms with Gasteiger partial charge in [-0.15, -0.1) is 6.42 Å². The summed E-state index contributed by atoms with van der Waals surface area (Å²) in [6.07, 6.45) is 5.32. The number of benzene rings is 2. The van der Waals surface area contributed by atoms with Gasteiger partial charge in [-0.05, 0) is 36.4 Å². The molecule has 1 N–H and O–H groups in total. The third kappa shape index (κ3) is 3.14. The molecule has 2 aromatic rings. The third-order valence-electron chi connectivity index (χ3n) is 2.62. The molecule has 0 saturated heterocycles. The van der Waals surface area contributed by atoms with Crippen molar-refractivity contribution in [2.75, 3.05) is 12.4 Å². The summed E-state index contributed by atoms with van der Waals surface area (Å²) in [7, 11) is 1.56. The molecule has 0 unspecified atom stereocenters. The fourth-order valence-corrected chi connectivity index (χ4v) is 1.65. The monoisotopic (exact) mass is 251 g/mol. The number of ether oxygens (including phenoxy) is 1. The van der Waals surface area contributed by atoms with Gasteiger partial charge in [0.2, 0.25) is 0 Å². The predicted octanol–water partition coefficient (Wildman–Crippen LogP) is 2.93. The Bertz CT molecular complexity index is 641. The molecule has 0 radical (unpaired) electrons. The Morgan fingerprint density at radius 2 is 2.00 bits per heavy atom. The summed E-state index contributed by atoms with van der Waals surface area (Å²) in [5, 5.41) is 2.79. The molecule has 0 fully saturated rings. The molecule has 0 aliphatic heterocycles. The minimum Gasteiger partial charge on any atom is -0.497 e. The van der Waals surface area contributed by atoms with E-state index in [-0.39, 0.29) is 5.91 Å². The van der Waals surface area contributed by atoms with E-state index >= 15 is 0 Å². The van der Waals surface area contributed by atoms with Gasteiger partial charge in [0.15, 0.2) is 0 Å². The average molecular weight is 251 g/mol. The molecule has 0 aliphatic carbocycles. The van der Waals surface area contributed by atoms with Crippen LogP contribution in [0.1, 0.15) is 15.9 Å². The zero-order valence-corrected chi connectivity index (χ0v) is 10.5. The Balaban J connectivity index is 2.18. The van der Waals surface area contributed by atoms with Crippen LogP contribution in [0.3, 0.4) is 0 Å². The number of hydrogen-bond acceptors (Lipinski definition) is 2. The topological polar surface area (TPSA) is 38.3 Å². The molecule has 0 spiro atoms. The fourth-order valence-electron chi connectivity index (χ4n) is 1.65. The number of hydrogen-bond donors (Lipinski definition) is 1. The molecular formula is C16H13NO2. The van der Waals surface area contributed by atoms with Crippen molar-refractivity contribution in [3.05, 3.63) is 59.7 Å². The van der Waals surface area contributed by atoms with Crippen LogP contribution >= 0.6 is 0 Å². The Morgan fingerprint density at radius 1 is 1.21 bits per heavy atom. The summed E-state index contributed by atoms with van der Waals surface area (Å²) in [4.78, 5) is 12.1. The van der Waals surface area contributed by atoms with Crippen molar-refractivity contribution in [3.63, 3.8) is 0 Å². The van der Waals surface area contributed by atoms with Crippen LogP contribution in [-0.2, 0) is 0 Å². The summed E-state index contributed by atoms with van der Waals surface area (Å²) < 4.78 is 5.09. The number of anilines is 1. The van der Waals surface area contributed by atoms with E-state index in [0.29, 0.717) is 17.0 Å². The van der Waals surface area contributed by atoms with Crippen LogP contribution in [-0.4, -0.2) is 13.0 Å². The molecule has 0 saturated carbocycles. The van der Waals surface area contributed by atoms with Gasteiger partial charge in [-0.25, -0.2) is 0 Å². The molecular weight excluding hydrogens is 238 g/mol. The molecule has 0 bridgehead atoms. The molecule has 0 aliphatic rings. The summed E-state index contributed by atoms with van der Waals surface area (Å²) in [6.45, 7) is 0. The van der Waals surface area contributed by atoms with Crippen molar-refractivity contribution in [2.45, 2.75) is 0 Å². The van der Waals surface area contributed by atoms with Gasteiger partial charge < -0.3 is 10.1 Å². The maximum Gasteiger partial charge on any atom is 0.255 e. The summed E-state index contributed by atoms with van der Waals surface area (Å²) in [5.41, 5.74) is 1.93. The van der Waals surface area contributed by atoms with Gasteiger partial charge in [-0.1, -0.05) is 18.1 Å². The van der Waals surface area contributed by atoms with Crippen LogP contribution in [0.4, 0.5) is 5.69 Å². The standard InChI is InChI=1S/C16H13NO2/c1-3-12-6-4-8-14(10-12)17-16(18)13-7-5-9-15(11-13)19-2/h1,4-11H,2H3,(H,17,18). The van der Waals surface area contributed by atoms with E-state index in [1.165, 1.54) is 0 Å². The lowest BCUT2D eigenvalue weighted by Gasteiger charge is -2.07. The lowest BCUT2D eigenvalue weighted by atomic mass is 10.1. The second kappa shape index (κ2) is 5.74. The quantitative estimate of drug-likeness (QED) is 0.852. The molecule has 3 nitrogen and oxygen atoms in total. The maximum absolute atomic E-state index is 12.1. The Kier molecular flexibility index (Phi) is 3.84. The van der Waals surface area contributed by atoms with Crippen LogP contribution in [0.25, 0.3) is 0 Å². The predicted molar refractivity (Wildman–Crippen MR) is 75.3 cm³/mol. The highest BCUT2D eigenvalue weighted by Gasteiger charge is 2.07. The SMILES string of the molecule is C#Cc1cccc(NC(=O)c2cccc(OC)c2)c1. The molecule has 19 heavy (non-hydrogen) atoms. The number of methoxy groups -OCH3 is 1. The van der Waals surface area contributed by atoms with E-state index < -0.39 is 0 Å². The minimum absolute atomic E-state index is 0.201. The van der Waals surface area contributed by atoms with Crippen LogP contribution in [0.2, 0.25) is 0 Å². The molecule has 1 amide bonds. The Hall–Kier alpha value is -2.73. The first-order chi connectivity index (χ1) is 9.22. The maximum atomic E-state index is 12.1. The van der Waals surface area contributed by atoms with E-state index in [2.05, 4.69) is 11.2 Å². The number of amides is 1. The van der Waals surface area contributed by atoms with Crippen LogP contribution in [0.5, 0.6) is 5.75 Å². The van der Waals surface area contributed by atoms with Crippen LogP contribution < -0.4 is 10.1 Å². The molecule has 0 atom stereocenters. The highest BCUT2D eigenvalue weighted by atomic mass is 16.5. The van der Waals surface area contributed by atoms with Gasteiger partial charge in [0.1, 0.15) is 5.75 Å². The van der Waals surface area contributed by atoms with E-state index in [1.54, 1.807) is 55.6 Å². The van der Waals surface area contributed by atoms with E-state index in [0.717, 1.165) is 5.56 Å². The van der Waals surface area contributed by atoms with Gasteiger partial charge in [0.25, 0.3) is 5.91 Å². The molecule has 2 aromatic carbocycles. The zero-order valence-electron chi connectivity index (χ0n) is 10.5. The first-order valence-corrected chi connectivity index (χ1v) is 5.75. The number of carbonyl (C=O) groups is 1. The van der Waals surface area contributed by atoms with E-state index in [9.17, 15) is 4.79 Å². The number of carbonyl (C=O) groups excluding carboxylic acids is 1. The van der Waals surface area contributed by atoms with Gasteiger partial charge in [-0.2, -0.15) is 0 Å². The number of terminal acetylenes is 1. The van der Waals surface area contributed by atoms with E-state index in [4.69, 9.17) is 11.2 Å². The molecule has 0 aromatic heterocycles. The first-order valence-electron chi connectivity index (χ1n) is 5.75. The summed E-state index contributed by atoms with van der Waals surface area (Å²) in [5.74, 6) is 2.97.